The molecule has 0 aliphatic carbocycles. The number of rotatable bonds is 2. The summed E-state index contributed by atoms with van der Waals surface area (Å²) in [6.07, 6.45) is 0. The number of benzene rings is 1. The van der Waals surface area contributed by atoms with Crippen molar-refractivity contribution in [1.29, 1.82) is 0 Å². The van der Waals surface area contributed by atoms with Crippen LogP contribution in [0.5, 0.6) is 5.75 Å². The highest BCUT2D eigenvalue weighted by atomic mass is 35.5. The Balaban J connectivity index is 3.30. The molecule has 4 nitrogen and oxygen atoms in total. The standard InChI is InChI=1S/C8H8ClNO3/c1-13-7-2-4(8(11)12)6(10)3-5(7)9/h2-3H,10H2,1H3,(H,11,12). The lowest BCUT2D eigenvalue weighted by molar-refractivity contribution is 0.0697. The van der Waals surface area contributed by atoms with Crippen LogP contribution in [0.15, 0.2) is 12.1 Å². The summed E-state index contributed by atoms with van der Waals surface area (Å²) in [5, 5.41) is 8.99. The Kier molecular flexibility index (Phi) is 2.63. The fourth-order valence-corrected chi connectivity index (χ4v) is 1.16. The average Bonchev–Trinajstić information content (AvgIpc) is 2.03. The van der Waals surface area contributed by atoms with E-state index in [1.54, 1.807) is 0 Å². The number of carboxylic acids is 1. The Bertz CT molecular complexity index is 351. The topological polar surface area (TPSA) is 72.5 Å². The van der Waals surface area contributed by atoms with E-state index in [-0.39, 0.29) is 11.3 Å². The molecule has 0 heterocycles. The predicted molar refractivity (Wildman–Crippen MR) is 49.4 cm³/mol. The Hall–Kier alpha value is -1.42. The minimum atomic E-state index is -1.10. The van der Waals surface area contributed by atoms with Gasteiger partial charge in [0.1, 0.15) is 5.75 Å². The molecule has 0 unspecified atom stereocenters. The largest absolute Gasteiger partial charge is 0.495 e. The normalized spacial score (nSPS) is 9.69. The Morgan fingerprint density at radius 1 is 1.62 bits per heavy atom. The number of hydrogen-bond acceptors (Lipinski definition) is 3. The number of methoxy groups -OCH3 is 1. The van der Waals surface area contributed by atoms with Gasteiger partial charge < -0.3 is 15.6 Å². The van der Waals surface area contributed by atoms with Gasteiger partial charge in [0.05, 0.1) is 17.7 Å². The fourth-order valence-electron chi connectivity index (χ4n) is 0.910. The Morgan fingerprint density at radius 2 is 2.23 bits per heavy atom. The third kappa shape index (κ3) is 1.84. The van der Waals surface area contributed by atoms with E-state index in [4.69, 9.17) is 27.2 Å². The summed E-state index contributed by atoms with van der Waals surface area (Å²) in [7, 11) is 1.41. The minimum Gasteiger partial charge on any atom is -0.495 e. The van der Waals surface area contributed by atoms with E-state index in [1.807, 2.05) is 0 Å². The van der Waals surface area contributed by atoms with Gasteiger partial charge in [0, 0.05) is 5.69 Å². The summed E-state index contributed by atoms with van der Waals surface area (Å²) < 4.78 is 4.84. The molecule has 70 valence electrons. The maximum Gasteiger partial charge on any atom is 0.337 e. The number of anilines is 1. The number of aromatic carboxylic acids is 1. The molecule has 13 heavy (non-hydrogen) atoms. The smallest absolute Gasteiger partial charge is 0.337 e. The van der Waals surface area contributed by atoms with Crippen LogP contribution in [0.25, 0.3) is 0 Å². The zero-order valence-corrected chi connectivity index (χ0v) is 7.63. The molecular weight excluding hydrogens is 194 g/mol. The van der Waals surface area contributed by atoms with Crippen LogP contribution in [0.2, 0.25) is 5.02 Å². The molecule has 0 atom stereocenters. The van der Waals surface area contributed by atoms with Crippen LogP contribution in [0.1, 0.15) is 10.4 Å². The van der Waals surface area contributed by atoms with E-state index in [0.717, 1.165) is 0 Å². The van der Waals surface area contributed by atoms with Gasteiger partial charge in [0.25, 0.3) is 0 Å². The minimum absolute atomic E-state index is 0.0127. The molecule has 0 aromatic heterocycles. The van der Waals surface area contributed by atoms with E-state index in [2.05, 4.69) is 0 Å². The van der Waals surface area contributed by atoms with Crippen LogP contribution in [0, 0.1) is 0 Å². The predicted octanol–water partition coefficient (Wildman–Crippen LogP) is 1.63. The van der Waals surface area contributed by atoms with Gasteiger partial charge in [0.15, 0.2) is 0 Å². The second-order valence-electron chi connectivity index (χ2n) is 2.38. The molecule has 3 N–H and O–H groups in total. The van der Waals surface area contributed by atoms with Crippen molar-refractivity contribution in [3.63, 3.8) is 0 Å². The molecule has 0 saturated heterocycles. The van der Waals surface area contributed by atoms with Crippen molar-refractivity contribution in [2.45, 2.75) is 0 Å². The van der Waals surface area contributed by atoms with Gasteiger partial charge in [-0.1, -0.05) is 11.6 Å². The highest BCUT2D eigenvalue weighted by molar-refractivity contribution is 6.32. The van der Waals surface area contributed by atoms with E-state index in [1.165, 1.54) is 19.2 Å². The maximum atomic E-state index is 10.6. The Morgan fingerprint density at radius 3 is 2.69 bits per heavy atom. The van der Waals surface area contributed by atoms with Crippen molar-refractivity contribution < 1.29 is 14.6 Å². The van der Waals surface area contributed by atoms with Crippen LogP contribution in [0.4, 0.5) is 5.69 Å². The zero-order valence-electron chi connectivity index (χ0n) is 6.87. The lowest BCUT2D eigenvalue weighted by atomic mass is 10.2. The van der Waals surface area contributed by atoms with E-state index in [9.17, 15) is 4.79 Å². The third-order valence-electron chi connectivity index (χ3n) is 1.55. The van der Waals surface area contributed by atoms with Crippen molar-refractivity contribution in [2.24, 2.45) is 0 Å². The monoisotopic (exact) mass is 201 g/mol. The quantitative estimate of drug-likeness (QED) is 0.714. The molecule has 0 amide bonds. The highest BCUT2D eigenvalue weighted by Gasteiger charge is 2.12. The second kappa shape index (κ2) is 3.53. The summed E-state index contributed by atoms with van der Waals surface area (Å²) in [5.74, 6) is -0.805. The Labute approximate surface area is 79.9 Å². The molecule has 0 aliphatic rings. The van der Waals surface area contributed by atoms with Crippen LogP contribution in [0.3, 0.4) is 0 Å². The molecular formula is C8H8ClNO3. The lowest BCUT2D eigenvalue weighted by Gasteiger charge is -2.06. The molecule has 0 bridgehead atoms. The highest BCUT2D eigenvalue weighted by Crippen LogP contribution is 2.29. The first-order valence-corrected chi connectivity index (χ1v) is 3.80. The molecule has 0 fully saturated rings. The van der Waals surface area contributed by atoms with E-state index < -0.39 is 5.97 Å². The number of halogens is 1. The molecule has 0 spiro atoms. The van der Waals surface area contributed by atoms with Crippen molar-refractivity contribution in [1.82, 2.24) is 0 Å². The zero-order chi connectivity index (χ0) is 10.0. The van der Waals surface area contributed by atoms with Crippen LogP contribution < -0.4 is 10.5 Å². The van der Waals surface area contributed by atoms with Gasteiger partial charge in [-0.25, -0.2) is 4.79 Å². The van der Waals surface area contributed by atoms with Crippen molar-refractivity contribution >= 4 is 23.3 Å². The molecule has 1 aromatic carbocycles. The SMILES string of the molecule is COc1cc(C(=O)O)c(N)cc1Cl. The second-order valence-corrected chi connectivity index (χ2v) is 2.79. The number of nitrogens with two attached hydrogens (primary N) is 1. The first-order valence-electron chi connectivity index (χ1n) is 3.42. The van der Waals surface area contributed by atoms with Gasteiger partial charge in [-0.3, -0.25) is 0 Å². The van der Waals surface area contributed by atoms with Gasteiger partial charge >= 0.3 is 5.97 Å². The molecule has 1 rings (SSSR count). The van der Waals surface area contributed by atoms with Crippen LogP contribution >= 0.6 is 11.6 Å². The van der Waals surface area contributed by atoms with E-state index >= 15 is 0 Å². The van der Waals surface area contributed by atoms with Crippen molar-refractivity contribution in [3.05, 3.63) is 22.7 Å². The summed E-state index contributed by atoms with van der Waals surface area (Å²) >= 11 is 5.71. The maximum absolute atomic E-state index is 10.6. The molecule has 0 saturated carbocycles. The summed E-state index contributed by atoms with van der Waals surface area (Å²) in [6, 6.07) is 2.64. The van der Waals surface area contributed by atoms with Crippen LogP contribution in [-0.2, 0) is 0 Å². The number of hydrogen-bond donors (Lipinski definition) is 2. The van der Waals surface area contributed by atoms with Gasteiger partial charge in [0.2, 0.25) is 0 Å². The molecule has 0 aliphatic heterocycles. The molecule has 1 aromatic rings. The average molecular weight is 202 g/mol. The summed E-state index contributed by atoms with van der Waals surface area (Å²) in [5.41, 5.74) is 5.54. The molecule has 5 heteroatoms. The summed E-state index contributed by atoms with van der Waals surface area (Å²) in [4.78, 5) is 10.6. The fraction of sp³-hybridized carbons (Fsp3) is 0.125. The first-order chi connectivity index (χ1) is 6.06. The van der Waals surface area contributed by atoms with Gasteiger partial charge in [-0.05, 0) is 12.1 Å². The first kappa shape index (κ1) is 9.67. The lowest BCUT2D eigenvalue weighted by Crippen LogP contribution is -2.03. The molecule has 0 radical (unpaired) electrons. The number of nitrogen functional groups attached to an aromatic ring is 1. The van der Waals surface area contributed by atoms with Crippen LogP contribution in [-0.4, -0.2) is 18.2 Å². The number of carboxylic acid groups (broad SMARTS) is 1. The van der Waals surface area contributed by atoms with Crippen molar-refractivity contribution in [3.8, 4) is 5.75 Å². The summed E-state index contributed by atoms with van der Waals surface area (Å²) in [6.45, 7) is 0. The number of carbonyl (C=O) groups is 1. The van der Waals surface area contributed by atoms with E-state index in [0.29, 0.717) is 10.8 Å². The van der Waals surface area contributed by atoms with Gasteiger partial charge in [-0.2, -0.15) is 0 Å². The van der Waals surface area contributed by atoms with Crippen molar-refractivity contribution in [2.75, 3.05) is 12.8 Å². The third-order valence-corrected chi connectivity index (χ3v) is 1.85. The number of ether oxygens (including phenoxy) is 1. The van der Waals surface area contributed by atoms with Gasteiger partial charge in [-0.15, -0.1) is 0 Å².